The number of aryl methyl sites for hydroxylation is 1. The van der Waals surface area contributed by atoms with Crippen molar-refractivity contribution in [2.45, 2.75) is 63.8 Å². The summed E-state index contributed by atoms with van der Waals surface area (Å²) < 4.78 is 28.1. The number of fused-ring (bicyclic) bond motifs is 2. The highest BCUT2D eigenvalue weighted by molar-refractivity contribution is 5.82. The molecule has 10 heteroatoms. The van der Waals surface area contributed by atoms with Gasteiger partial charge in [-0.15, -0.1) is 0 Å². The van der Waals surface area contributed by atoms with Crippen LogP contribution in [-0.2, 0) is 17.8 Å². The van der Waals surface area contributed by atoms with Crippen LogP contribution in [-0.4, -0.2) is 57.1 Å². The maximum Gasteiger partial charge on any atom is 0.312 e. The van der Waals surface area contributed by atoms with Crippen molar-refractivity contribution >= 4 is 23.4 Å². The monoisotopic (exact) mass is 508 g/mol. The van der Waals surface area contributed by atoms with E-state index in [4.69, 9.17) is 20.2 Å². The molecule has 1 aromatic carbocycles. The number of likely N-dealkylation sites (tertiary alicyclic amines) is 1. The minimum atomic E-state index is -0.844. The lowest BCUT2D eigenvalue weighted by molar-refractivity contribution is -0.119. The largest absolute Gasteiger partial charge is 0.486 e. The van der Waals surface area contributed by atoms with E-state index in [-0.39, 0.29) is 5.82 Å². The number of aromatic nitrogens is 4. The fourth-order valence-electron chi connectivity index (χ4n) is 6.15. The Labute approximate surface area is 215 Å². The Bertz CT molecular complexity index is 1300. The fraction of sp³-hybridized carbons (Fsp3) is 0.556. The topological polar surface area (TPSA) is 108 Å². The second-order valence-electron chi connectivity index (χ2n) is 10.5. The molecular weight excluding hydrogens is 475 g/mol. The number of imidazole rings is 1. The fourth-order valence-corrected chi connectivity index (χ4v) is 6.15. The van der Waals surface area contributed by atoms with Crippen LogP contribution in [0.1, 0.15) is 67.8 Å². The van der Waals surface area contributed by atoms with Crippen molar-refractivity contribution in [3.8, 4) is 11.5 Å². The summed E-state index contributed by atoms with van der Waals surface area (Å²) in [5.74, 6) is 3.38. The van der Waals surface area contributed by atoms with Crippen LogP contribution in [0.5, 0.6) is 11.5 Å². The van der Waals surface area contributed by atoms with Crippen LogP contribution in [0, 0.1) is 12.0 Å². The Balaban J connectivity index is 1.35. The highest BCUT2D eigenvalue weighted by Crippen LogP contribution is 2.42. The molecule has 1 aliphatic carbocycles. The molecule has 9 nitrogen and oxygen atoms in total. The second kappa shape index (κ2) is 10.1. The van der Waals surface area contributed by atoms with Gasteiger partial charge in [-0.1, -0.05) is 12.8 Å². The molecule has 0 atom stereocenters. The van der Waals surface area contributed by atoms with Crippen LogP contribution in [0.4, 0.5) is 10.2 Å². The summed E-state index contributed by atoms with van der Waals surface area (Å²) in [4.78, 5) is 25.6. The lowest BCUT2D eigenvalue weighted by atomic mass is 9.90. The van der Waals surface area contributed by atoms with Gasteiger partial charge in [-0.3, -0.25) is 4.79 Å². The van der Waals surface area contributed by atoms with Crippen molar-refractivity contribution in [3.63, 3.8) is 0 Å². The number of carbonyl (C=O) groups is 1. The number of ether oxygens (including phenoxy) is 2. The van der Waals surface area contributed by atoms with E-state index in [2.05, 4.69) is 22.1 Å². The van der Waals surface area contributed by atoms with Gasteiger partial charge in [-0.2, -0.15) is 14.4 Å². The van der Waals surface area contributed by atoms with Gasteiger partial charge in [0, 0.05) is 26.1 Å². The van der Waals surface area contributed by atoms with Crippen LogP contribution in [0.2, 0.25) is 0 Å². The highest BCUT2D eigenvalue weighted by Gasteiger charge is 2.26. The number of nitrogen functional groups attached to an aromatic ring is 1. The van der Waals surface area contributed by atoms with Crippen molar-refractivity contribution in [3.05, 3.63) is 35.2 Å². The van der Waals surface area contributed by atoms with Gasteiger partial charge in [0.05, 0.1) is 0 Å². The first-order valence-corrected chi connectivity index (χ1v) is 13.4. The molecular formula is C27H33FN6O3. The lowest BCUT2D eigenvalue weighted by Crippen LogP contribution is -2.32. The third kappa shape index (κ3) is 4.81. The molecule has 2 N–H and O–H groups in total. The second-order valence-corrected chi connectivity index (χ2v) is 10.5. The Morgan fingerprint density at radius 3 is 2.49 bits per heavy atom. The number of carbonyl (C=O) groups excluding carboxylic acids is 1. The number of piperidine rings is 1. The van der Waals surface area contributed by atoms with Gasteiger partial charge >= 0.3 is 6.08 Å². The predicted octanol–water partition coefficient (Wildman–Crippen LogP) is 3.83. The quantitative estimate of drug-likeness (QED) is 0.382. The van der Waals surface area contributed by atoms with E-state index in [1.54, 1.807) is 0 Å². The summed E-state index contributed by atoms with van der Waals surface area (Å²) in [6, 6.07) is 4.25. The van der Waals surface area contributed by atoms with Gasteiger partial charge < -0.3 is 24.7 Å². The minimum absolute atomic E-state index is 0.0555. The van der Waals surface area contributed by atoms with E-state index < -0.39 is 6.08 Å². The average Bonchev–Trinajstić information content (AvgIpc) is 3.56. The van der Waals surface area contributed by atoms with Crippen molar-refractivity contribution in [1.29, 1.82) is 0 Å². The number of nitrogens with two attached hydrogens (primary N) is 1. The molecule has 4 heterocycles. The number of nitrogens with zero attached hydrogens (tertiary/aromatic N) is 5. The Kier molecular flexibility index (Phi) is 6.56. The van der Waals surface area contributed by atoms with Crippen LogP contribution >= 0.6 is 0 Å². The molecule has 2 aromatic heterocycles. The normalized spacial score (nSPS) is 18.6. The van der Waals surface area contributed by atoms with Crippen molar-refractivity contribution in [2.75, 3.05) is 32.0 Å². The summed E-state index contributed by atoms with van der Waals surface area (Å²) >= 11 is 0. The number of hydrogen-bond acceptors (Lipinski definition) is 7. The zero-order chi connectivity index (χ0) is 25.4. The summed E-state index contributed by atoms with van der Waals surface area (Å²) in [5, 5.41) is 0. The van der Waals surface area contributed by atoms with Crippen LogP contribution in [0.15, 0.2) is 12.1 Å². The van der Waals surface area contributed by atoms with E-state index in [9.17, 15) is 9.18 Å². The Hall–Kier alpha value is -3.43. The van der Waals surface area contributed by atoms with E-state index in [1.807, 2.05) is 9.47 Å². The molecule has 2 fully saturated rings. The van der Waals surface area contributed by atoms with Crippen molar-refractivity contribution in [2.24, 2.45) is 5.92 Å². The first-order valence-electron chi connectivity index (χ1n) is 13.4. The van der Waals surface area contributed by atoms with E-state index >= 15 is 0 Å². The average molecular weight is 509 g/mol. The van der Waals surface area contributed by atoms with Gasteiger partial charge in [-0.25, -0.2) is 4.98 Å². The lowest BCUT2D eigenvalue weighted by Gasteiger charge is -2.29. The third-order valence-corrected chi connectivity index (χ3v) is 8.18. The zero-order valence-electron chi connectivity index (χ0n) is 21.0. The SMILES string of the molecule is Nc1nc(F)nc2c1nc(Cc1cc3c(cc1C1CCCC1)OCCO3)n2CCC1CCN(C=O)CC1. The molecule has 196 valence electrons. The van der Waals surface area contributed by atoms with Crippen LogP contribution in [0.3, 0.4) is 0 Å². The first kappa shape index (κ1) is 23.9. The number of halogens is 1. The molecule has 3 aliphatic rings. The summed E-state index contributed by atoms with van der Waals surface area (Å²) in [5.41, 5.74) is 9.39. The first-order chi connectivity index (χ1) is 18.1. The maximum atomic E-state index is 14.2. The molecule has 0 unspecified atom stereocenters. The van der Waals surface area contributed by atoms with E-state index in [0.29, 0.717) is 49.2 Å². The van der Waals surface area contributed by atoms with E-state index in [0.717, 1.165) is 74.5 Å². The summed E-state index contributed by atoms with van der Waals surface area (Å²) in [7, 11) is 0. The molecule has 6 rings (SSSR count). The predicted molar refractivity (Wildman–Crippen MR) is 136 cm³/mol. The number of hydrogen-bond donors (Lipinski definition) is 1. The minimum Gasteiger partial charge on any atom is -0.486 e. The Morgan fingerprint density at radius 1 is 1.03 bits per heavy atom. The number of benzene rings is 1. The standard InChI is InChI=1S/C27H33FN6O3/c28-27-31-25(29)24-26(32-27)34(10-7-17-5-8-33(16-35)9-6-17)23(30-24)14-19-13-21-22(37-12-11-36-21)15-20(19)18-3-1-2-4-18/h13,15-18H,1-12,14H2,(H2,29,31,32). The number of anilines is 1. The van der Waals surface area contributed by atoms with Gasteiger partial charge in [0.2, 0.25) is 6.41 Å². The molecule has 0 radical (unpaired) electrons. The van der Waals surface area contributed by atoms with Crippen molar-refractivity contribution in [1.82, 2.24) is 24.4 Å². The zero-order valence-corrected chi connectivity index (χ0v) is 21.0. The molecule has 1 amide bonds. The van der Waals surface area contributed by atoms with Crippen molar-refractivity contribution < 1.29 is 18.7 Å². The molecule has 0 spiro atoms. The van der Waals surface area contributed by atoms with Crippen LogP contribution < -0.4 is 15.2 Å². The third-order valence-electron chi connectivity index (χ3n) is 8.18. The van der Waals surface area contributed by atoms with Gasteiger partial charge in [0.15, 0.2) is 28.5 Å². The highest BCUT2D eigenvalue weighted by atomic mass is 19.1. The van der Waals surface area contributed by atoms with Gasteiger partial charge in [-0.05, 0) is 67.2 Å². The van der Waals surface area contributed by atoms with Gasteiger partial charge in [0.1, 0.15) is 19.0 Å². The number of rotatable bonds is 7. The smallest absolute Gasteiger partial charge is 0.312 e. The molecule has 0 bridgehead atoms. The molecule has 37 heavy (non-hydrogen) atoms. The van der Waals surface area contributed by atoms with Crippen LogP contribution in [0.25, 0.3) is 11.2 Å². The maximum absolute atomic E-state index is 14.2. The molecule has 1 saturated heterocycles. The number of amides is 1. The molecule has 2 aliphatic heterocycles. The van der Waals surface area contributed by atoms with E-state index in [1.165, 1.54) is 18.4 Å². The van der Waals surface area contributed by atoms with Gasteiger partial charge in [0.25, 0.3) is 0 Å². The summed E-state index contributed by atoms with van der Waals surface area (Å²) in [6.07, 6.45) is 8.23. The molecule has 1 saturated carbocycles. The Morgan fingerprint density at radius 2 is 1.76 bits per heavy atom. The summed E-state index contributed by atoms with van der Waals surface area (Å²) in [6.45, 7) is 3.29. The molecule has 3 aromatic rings.